The number of hydrogen-bond donors (Lipinski definition) is 1. The molecule has 0 unspecified atom stereocenters. The second-order valence-electron chi connectivity index (χ2n) is 4.62. The van der Waals surface area contributed by atoms with E-state index in [1.165, 1.54) is 37.7 Å². The largest absolute Gasteiger partial charge is 0.311 e. The van der Waals surface area contributed by atoms with Gasteiger partial charge in [-0.2, -0.15) is 0 Å². The molecule has 1 aliphatic heterocycles. The lowest BCUT2D eigenvalue weighted by molar-refractivity contribution is 0.504. The van der Waals surface area contributed by atoms with Gasteiger partial charge in [0.2, 0.25) is 0 Å². The van der Waals surface area contributed by atoms with Crippen LogP contribution in [0.25, 0.3) is 0 Å². The first-order chi connectivity index (χ1) is 7.38. The average Bonchev–Trinajstić information content (AvgIpc) is 2.68. The zero-order valence-corrected chi connectivity index (χ0v) is 9.58. The first kappa shape index (κ1) is 10.7. The van der Waals surface area contributed by atoms with Gasteiger partial charge >= 0.3 is 0 Å². The van der Waals surface area contributed by atoms with Gasteiger partial charge in [-0.1, -0.05) is 43.7 Å². The first-order valence-electron chi connectivity index (χ1n) is 6.18. The third kappa shape index (κ3) is 3.07. The highest BCUT2D eigenvalue weighted by Crippen LogP contribution is 2.19. The maximum atomic E-state index is 3.74. The van der Waals surface area contributed by atoms with Crippen LogP contribution >= 0.6 is 0 Å². The fourth-order valence-corrected chi connectivity index (χ4v) is 2.54. The Kier molecular flexibility index (Phi) is 3.79. The van der Waals surface area contributed by atoms with Crippen molar-refractivity contribution in [3.63, 3.8) is 0 Å². The molecule has 1 nitrogen and oxygen atoms in total. The van der Waals surface area contributed by atoms with Gasteiger partial charge in [0.25, 0.3) is 0 Å². The molecule has 1 heterocycles. The van der Waals surface area contributed by atoms with Gasteiger partial charge in [0, 0.05) is 12.1 Å². The van der Waals surface area contributed by atoms with Gasteiger partial charge < -0.3 is 5.32 Å². The molecule has 1 aromatic carbocycles. The van der Waals surface area contributed by atoms with Crippen molar-refractivity contribution < 1.29 is 0 Å². The lowest BCUT2D eigenvalue weighted by Crippen LogP contribution is -2.30. The molecule has 0 radical (unpaired) electrons. The summed E-state index contributed by atoms with van der Waals surface area (Å²) >= 11 is 0. The molecule has 0 saturated carbocycles. The van der Waals surface area contributed by atoms with E-state index in [1.807, 2.05) is 0 Å². The van der Waals surface area contributed by atoms with Crippen LogP contribution in [0.3, 0.4) is 0 Å². The van der Waals surface area contributed by atoms with E-state index in [0.29, 0.717) is 6.04 Å². The van der Waals surface area contributed by atoms with Crippen molar-refractivity contribution >= 4 is 0 Å². The Morgan fingerprint density at radius 3 is 2.60 bits per heavy atom. The standard InChI is InChI=1S/C14H21N/c1-2-6-13-9-10-14(15-13)11-12-7-4-3-5-8-12/h3-5,7-8,13-15H,2,6,9-11H2,1H3/t13-,14-/m1/s1. The Balaban J connectivity index is 1.82. The van der Waals surface area contributed by atoms with E-state index in [4.69, 9.17) is 0 Å². The van der Waals surface area contributed by atoms with Crippen molar-refractivity contribution in [1.29, 1.82) is 0 Å². The second kappa shape index (κ2) is 5.32. The third-order valence-electron chi connectivity index (χ3n) is 3.30. The molecule has 2 rings (SSSR count). The molecule has 15 heavy (non-hydrogen) atoms. The maximum absolute atomic E-state index is 3.74. The highest BCUT2D eigenvalue weighted by Gasteiger charge is 2.22. The average molecular weight is 203 g/mol. The molecule has 1 aromatic rings. The summed E-state index contributed by atoms with van der Waals surface area (Å²) in [6.07, 6.45) is 6.55. The molecule has 2 atom stereocenters. The van der Waals surface area contributed by atoms with E-state index in [1.54, 1.807) is 0 Å². The summed E-state index contributed by atoms with van der Waals surface area (Å²) in [5.41, 5.74) is 1.46. The summed E-state index contributed by atoms with van der Waals surface area (Å²) in [6, 6.07) is 12.3. The monoisotopic (exact) mass is 203 g/mol. The Hall–Kier alpha value is -0.820. The Morgan fingerprint density at radius 1 is 1.13 bits per heavy atom. The van der Waals surface area contributed by atoms with Crippen molar-refractivity contribution in [3.05, 3.63) is 35.9 Å². The summed E-state index contributed by atoms with van der Waals surface area (Å²) in [5.74, 6) is 0. The van der Waals surface area contributed by atoms with Crippen molar-refractivity contribution in [3.8, 4) is 0 Å². The molecule has 1 fully saturated rings. The molecule has 0 aromatic heterocycles. The highest BCUT2D eigenvalue weighted by molar-refractivity contribution is 5.16. The van der Waals surface area contributed by atoms with Crippen LogP contribution in [-0.4, -0.2) is 12.1 Å². The van der Waals surface area contributed by atoms with Crippen LogP contribution in [0.1, 0.15) is 38.2 Å². The van der Waals surface area contributed by atoms with Crippen molar-refractivity contribution in [2.45, 2.75) is 51.1 Å². The van der Waals surface area contributed by atoms with E-state index >= 15 is 0 Å². The fourth-order valence-electron chi connectivity index (χ4n) is 2.54. The van der Waals surface area contributed by atoms with Crippen LogP contribution in [0.2, 0.25) is 0 Å². The molecule has 0 aliphatic carbocycles. The number of benzene rings is 1. The first-order valence-corrected chi connectivity index (χ1v) is 6.18. The summed E-state index contributed by atoms with van der Waals surface area (Å²) < 4.78 is 0. The van der Waals surface area contributed by atoms with Gasteiger partial charge in [-0.15, -0.1) is 0 Å². The minimum Gasteiger partial charge on any atom is -0.311 e. The summed E-state index contributed by atoms with van der Waals surface area (Å²) in [7, 11) is 0. The van der Waals surface area contributed by atoms with Crippen LogP contribution in [0.5, 0.6) is 0 Å². The van der Waals surface area contributed by atoms with Gasteiger partial charge in [-0.3, -0.25) is 0 Å². The van der Waals surface area contributed by atoms with Gasteiger partial charge in [-0.05, 0) is 31.2 Å². The maximum Gasteiger partial charge on any atom is 0.0111 e. The minimum absolute atomic E-state index is 0.712. The summed E-state index contributed by atoms with van der Waals surface area (Å²) in [5, 5.41) is 3.74. The molecule has 1 aliphatic rings. The van der Waals surface area contributed by atoms with E-state index in [2.05, 4.69) is 42.6 Å². The normalized spacial score (nSPS) is 25.7. The molecular formula is C14H21N. The number of hydrogen-bond acceptors (Lipinski definition) is 1. The zero-order valence-electron chi connectivity index (χ0n) is 9.58. The quantitative estimate of drug-likeness (QED) is 0.792. The van der Waals surface area contributed by atoms with E-state index < -0.39 is 0 Å². The zero-order chi connectivity index (χ0) is 10.5. The molecule has 0 amide bonds. The minimum atomic E-state index is 0.712. The molecule has 0 spiro atoms. The van der Waals surface area contributed by atoms with E-state index in [0.717, 1.165) is 6.04 Å². The topological polar surface area (TPSA) is 12.0 Å². The van der Waals surface area contributed by atoms with Crippen LogP contribution in [0, 0.1) is 0 Å². The van der Waals surface area contributed by atoms with Crippen LogP contribution in [-0.2, 0) is 6.42 Å². The summed E-state index contributed by atoms with van der Waals surface area (Å²) in [6.45, 7) is 2.27. The van der Waals surface area contributed by atoms with Crippen LogP contribution < -0.4 is 5.32 Å². The van der Waals surface area contributed by atoms with Gasteiger partial charge in [0.15, 0.2) is 0 Å². The Bertz CT molecular complexity index is 281. The highest BCUT2D eigenvalue weighted by atomic mass is 15.0. The Morgan fingerprint density at radius 2 is 1.87 bits per heavy atom. The van der Waals surface area contributed by atoms with Crippen molar-refractivity contribution in [2.75, 3.05) is 0 Å². The lowest BCUT2D eigenvalue weighted by atomic mass is 10.0. The van der Waals surface area contributed by atoms with E-state index in [-0.39, 0.29) is 0 Å². The number of nitrogens with one attached hydrogen (secondary N) is 1. The van der Waals surface area contributed by atoms with Gasteiger partial charge in [-0.25, -0.2) is 0 Å². The van der Waals surface area contributed by atoms with Gasteiger partial charge in [0.05, 0.1) is 0 Å². The smallest absolute Gasteiger partial charge is 0.0111 e. The molecule has 1 saturated heterocycles. The van der Waals surface area contributed by atoms with Crippen LogP contribution in [0.15, 0.2) is 30.3 Å². The summed E-state index contributed by atoms with van der Waals surface area (Å²) in [4.78, 5) is 0. The van der Waals surface area contributed by atoms with Gasteiger partial charge in [0.1, 0.15) is 0 Å². The fraction of sp³-hybridized carbons (Fsp3) is 0.571. The molecular weight excluding hydrogens is 182 g/mol. The molecule has 1 N–H and O–H groups in total. The van der Waals surface area contributed by atoms with Crippen LogP contribution in [0.4, 0.5) is 0 Å². The predicted molar refractivity (Wildman–Crippen MR) is 65.0 cm³/mol. The van der Waals surface area contributed by atoms with Crippen molar-refractivity contribution in [2.24, 2.45) is 0 Å². The SMILES string of the molecule is CCC[C@@H]1CC[C@H](Cc2ccccc2)N1. The lowest BCUT2D eigenvalue weighted by Gasteiger charge is -2.13. The molecule has 0 bridgehead atoms. The Labute approximate surface area is 92.9 Å². The second-order valence-corrected chi connectivity index (χ2v) is 4.62. The predicted octanol–water partition coefficient (Wildman–Crippen LogP) is 3.15. The number of rotatable bonds is 4. The van der Waals surface area contributed by atoms with E-state index in [9.17, 15) is 0 Å². The molecule has 1 heteroatoms. The van der Waals surface area contributed by atoms with Crippen molar-refractivity contribution in [1.82, 2.24) is 5.32 Å². The third-order valence-corrected chi connectivity index (χ3v) is 3.30. The molecule has 82 valence electrons.